The summed E-state index contributed by atoms with van der Waals surface area (Å²) in [7, 11) is 0. The largest absolute Gasteiger partial charge is 0.316 e. The van der Waals surface area contributed by atoms with Gasteiger partial charge in [-0.05, 0) is 31.3 Å². The second-order valence-corrected chi connectivity index (χ2v) is 3.00. The van der Waals surface area contributed by atoms with Gasteiger partial charge in [0.2, 0.25) is 0 Å². The Balaban J connectivity index is 0. The minimum Gasteiger partial charge on any atom is -0.316 e. The molecule has 1 fully saturated rings. The zero-order valence-corrected chi connectivity index (χ0v) is 9.78. The maximum absolute atomic E-state index is 3.35. The second-order valence-electron chi connectivity index (χ2n) is 3.00. The van der Waals surface area contributed by atoms with Crippen molar-refractivity contribution in [2.75, 3.05) is 13.1 Å². The Bertz CT molecular complexity index is 63.4. The van der Waals surface area contributed by atoms with Gasteiger partial charge in [-0.15, -0.1) is 0 Å². The molecule has 0 aromatic heterocycles. The highest BCUT2D eigenvalue weighted by molar-refractivity contribution is 4.72. The van der Waals surface area contributed by atoms with Crippen LogP contribution in [0.25, 0.3) is 0 Å². The van der Waals surface area contributed by atoms with E-state index in [2.05, 4.69) is 19.2 Å². The Labute approximate surface area is 78.9 Å². The number of hydrogen-bond donors (Lipinski definition) is 1. The van der Waals surface area contributed by atoms with Gasteiger partial charge in [-0.3, -0.25) is 0 Å². The third-order valence-electron chi connectivity index (χ3n) is 2.04. The zero-order valence-electron chi connectivity index (χ0n) is 9.78. The van der Waals surface area contributed by atoms with Crippen molar-refractivity contribution in [3.63, 3.8) is 0 Å². The van der Waals surface area contributed by atoms with E-state index in [0.29, 0.717) is 0 Å². The summed E-state index contributed by atoms with van der Waals surface area (Å²) in [5.74, 6) is 1.83. The van der Waals surface area contributed by atoms with Crippen molar-refractivity contribution in [3.8, 4) is 0 Å². The van der Waals surface area contributed by atoms with E-state index in [9.17, 15) is 0 Å². The summed E-state index contributed by atoms with van der Waals surface area (Å²) in [6.45, 7) is 15.1. The van der Waals surface area contributed by atoms with Crippen LogP contribution in [0.3, 0.4) is 0 Å². The van der Waals surface area contributed by atoms with Crippen molar-refractivity contribution >= 4 is 0 Å². The average molecular weight is 173 g/mol. The molecule has 1 rings (SSSR count). The molecular formula is C11H27N. The van der Waals surface area contributed by atoms with Crippen LogP contribution in [0.4, 0.5) is 0 Å². The Morgan fingerprint density at radius 1 is 1.08 bits per heavy atom. The molecule has 0 amide bonds. The van der Waals surface area contributed by atoms with E-state index in [1.807, 2.05) is 27.7 Å². The molecule has 1 heterocycles. The van der Waals surface area contributed by atoms with Gasteiger partial charge in [0.1, 0.15) is 0 Å². The van der Waals surface area contributed by atoms with Crippen molar-refractivity contribution in [2.45, 2.75) is 48.0 Å². The minimum atomic E-state index is 0.880. The molecule has 0 aliphatic carbocycles. The summed E-state index contributed by atoms with van der Waals surface area (Å²) in [4.78, 5) is 0. The summed E-state index contributed by atoms with van der Waals surface area (Å²) >= 11 is 0. The molecular weight excluding hydrogens is 146 g/mol. The summed E-state index contributed by atoms with van der Waals surface area (Å²) in [6, 6.07) is 0. The predicted molar refractivity (Wildman–Crippen MR) is 58.5 cm³/mol. The quantitative estimate of drug-likeness (QED) is 0.641. The molecule has 1 heteroatoms. The van der Waals surface area contributed by atoms with Crippen LogP contribution in [0.1, 0.15) is 48.0 Å². The van der Waals surface area contributed by atoms with Gasteiger partial charge < -0.3 is 5.32 Å². The Kier molecular flexibility index (Phi) is 13.2. The lowest BCUT2D eigenvalue weighted by Gasteiger charge is -2.10. The highest BCUT2D eigenvalue weighted by Crippen LogP contribution is 2.16. The van der Waals surface area contributed by atoms with E-state index in [1.54, 1.807) is 0 Å². The van der Waals surface area contributed by atoms with Crippen molar-refractivity contribution in [2.24, 2.45) is 11.8 Å². The minimum absolute atomic E-state index is 0.880. The van der Waals surface area contributed by atoms with Crippen molar-refractivity contribution in [3.05, 3.63) is 0 Å². The van der Waals surface area contributed by atoms with Gasteiger partial charge in [-0.25, -0.2) is 0 Å². The Morgan fingerprint density at radius 2 is 1.58 bits per heavy atom. The lowest BCUT2D eigenvalue weighted by atomic mass is 9.96. The second kappa shape index (κ2) is 11.0. The molecule has 0 bridgehead atoms. The van der Waals surface area contributed by atoms with Gasteiger partial charge in [0.15, 0.2) is 0 Å². The number of nitrogens with one attached hydrogen (secondary N) is 1. The fraction of sp³-hybridized carbons (Fsp3) is 1.00. The zero-order chi connectivity index (χ0) is 9.98. The first-order valence-corrected chi connectivity index (χ1v) is 5.51. The van der Waals surface area contributed by atoms with Crippen LogP contribution < -0.4 is 5.32 Å². The van der Waals surface area contributed by atoms with E-state index in [1.165, 1.54) is 19.5 Å². The maximum atomic E-state index is 3.35. The molecule has 0 aromatic carbocycles. The van der Waals surface area contributed by atoms with E-state index in [4.69, 9.17) is 0 Å². The first-order valence-electron chi connectivity index (χ1n) is 5.51. The molecule has 1 saturated heterocycles. The number of hydrogen-bond acceptors (Lipinski definition) is 1. The molecule has 1 unspecified atom stereocenters. The molecule has 1 nitrogen and oxygen atoms in total. The summed E-state index contributed by atoms with van der Waals surface area (Å²) < 4.78 is 0. The van der Waals surface area contributed by atoms with Gasteiger partial charge in [-0.2, -0.15) is 0 Å². The van der Waals surface area contributed by atoms with Gasteiger partial charge in [-0.1, -0.05) is 41.5 Å². The molecule has 0 spiro atoms. The fourth-order valence-corrected chi connectivity index (χ4v) is 1.25. The van der Waals surface area contributed by atoms with Crippen LogP contribution in [0.15, 0.2) is 0 Å². The van der Waals surface area contributed by atoms with Crippen LogP contribution in [-0.4, -0.2) is 13.1 Å². The highest BCUT2D eigenvalue weighted by atomic mass is 14.9. The normalized spacial score (nSPS) is 20.8. The lowest BCUT2D eigenvalue weighted by molar-refractivity contribution is 0.419. The summed E-state index contributed by atoms with van der Waals surface area (Å²) in [5.41, 5.74) is 0. The molecule has 12 heavy (non-hydrogen) atoms. The highest BCUT2D eigenvalue weighted by Gasteiger charge is 2.16. The monoisotopic (exact) mass is 173 g/mol. The molecule has 1 N–H and O–H groups in total. The molecule has 0 radical (unpaired) electrons. The van der Waals surface area contributed by atoms with Crippen LogP contribution in [0, 0.1) is 11.8 Å². The van der Waals surface area contributed by atoms with Gasteiger partial charge in [0, 0.05) is 0 Å². The molecule has 0 aromatic rings. The van der Waals surface area contributed by atoms with Crippen LogP contribution in [0.5, 0.6) is 0 Å². The average Bonchev–Trinajstić information content (AvgIpc) is 2.64. The summed E-state index contributed by atoms with van der Waals surface area (Å²) in [6.07, 6.45) is 1.39. The first-order chi connectivity index (χ1) is 5.80. The van der Waals surface area contributed by atoms with E-state index >= 15 is 0 Å². The predicted octanol–water partition coefficient (Wildman–Crippen LogP) is 3.30. The van der Waals surface area contributed by atoms with Crippen LogP contribution in [0.2, 0.25) is 0 Å². The summed E-state index contributed by atoms with van der Waals surface area (Å²) in [5, 5.41) is 3.35. The molecule has 1 aliphatic rings. The van der Waals surface area contributed by atoms with Gasteiger partial charge >= 0.3 is 0 Å². The van der Waals surface area contributed by atoms with E-state index in [0.717, 1.165) is 11.8 Å². The van der Waals surface area contributed by atoms with Crippen LogP contribution >= 0.6 is 0 Å². The molecule has 0 saturated carbocycles. The maximum Gasteiger partial charge on any atom is -0.00176 e. The van der Waals surface area contributed by atoms with E-state index in [-0.39, 0.29) is 0 Å². The van der Waals surface area contributed by atoms with E-state index < -0.39 is 0 Å². The van der Waals surface area contributed by atoms with Gasteiger partial charge in [0.25, 0.3) is 0 Å². The topological polar surface area (TPSA) is 12.0 Å². The Hall–Kier alpha value is -0.0400. The molecule has 1 atom stereocenters. The van der Waals surface area contributed by atoms with Crippen molar-refractivity contribution in [1.82, 2.24) is 5.32 Å². The third kappa shape index (κ3) is 6.66. The third-order valence-corrected chi connectivity index (χ3v) is 2.04. The Morgan fingerprint density at radius 3 is 1.75 bits per heavy atom. The molecule has 76 valence electrons. The van der Waals surface area contributed by atoms with Crippen molar-refractivity contribution < 1.29 is 0 Å². The SMILES string of the molecule is CC.CC.CC(C)C1CCNC1. The first kappa shape index (κ1) is 14.5. The lowest BCUT2D eigenvalue weighted by Crippen LogP contribution is -2.12. The van der Waals surface area contributed by atoms with Crippen molar-refractivity contribution in [1.29, 1.82) is 0 Å². The van der Waals surface area contributed by atoms with Gasteiger partial charge in [0.05, 0.1) is 0 Å². The fourth-order valence-electron chi connectivity index (χ4n) is 1.25. The molecule has 1 aliphatic heterocycles. The van der Waals surface area contributed by atoms with Crippen LogP contribution in [-0.2, 0) is 0 Å². The number of rotatable bonds is 1. The smallest absolute Gasteiger partial charge is 0.00176 e. The standard InChI is InChI=1S/C7H15N.2C2H6/c1-6(2)7-3-4-8-5-7;2*1-2/h6-8H,3-5H2,1-2H3;2*1-2H3.